The fourth-order valence-corrected chi connectivity index (χ4v) is 2.43. The maximum atomic E-state index is 10.8. The van der Waals surface area contributed by atoms with Crippen LogP contribution in [-0.4, -0.2) is 43.6 Å². The third-order valence-corrected chi connectivity index (χ3v) is 3.75. The quantitative estimate of drug-likeness (QED) is 0.882. The molecule has 3 rings (SSSR count). The monoisotopic (exact) mass is 310 g/mol. The summed E-state index contributed by atoms with van der Waals surface area (Å²) in [5.41, 5.74) is 3.19. The van der Waals surface area contributed by atoms with E-state index in [2.05, 4.69) is 22.0 Å². The van der Waals surface area contributed by atoms with Crippen molar-refractivity contribution in [2.45, 2.75) is 0 Å². The van der Waals surface area contributed by atoms with Crippen LogP contribution in [0.4, 0.5) is 11.4 Å². The van der Waals surface area contributed by atoms with Crippen LogP contribution >= 0.6 is 0 Å². The summed E-state index contributed by atoms with van der Waals surface area (Å²) >= 11 is 0. The second-order valence-electron chi connectivity index (χ2n) is 5.30. The van der Waals surface area contributed by atoms with Gasteiger partial charge in [0.25, 0.3) is 0 Å². The van der Waals surface area contributed by atoms with Gasteiger partial charge in [0.2, 0.25) is 0 Å². The number of carboxylic acid groups (broad SMARTS) is 1. The normalized spacial score (nSPS) is 15.0. The number of hydrogen-bond donors (Lipinski definition) is 1. The molecule has 5 heteroatoms. The highest BCUT2D eigenvalue weighted by Crippen LogP contribution is 2.17. The van der Waals surface area contributed by atoms with E-state index in [0.29, 0.717) is 0 Å². The predicted octanol–water partition coefficient (Wildman–Crippen LogP) is 2.97. The standard InChI is InChI=1S/C18H18N2O3/c21-18(22)15-3-5-16(6-4-15)19-13-14-1-7-17(8-2-14)20-9-11-23-12-10-20/h1-8,13H,9-12H2,(H,21,22). The van der Waals surface area contributed by atoms with E-state index in [1.807, 2.05) is 12.1 Å². The third-order valence-electron chi connectivity index (χ3n) is 3.75. The molecule has 2 aromatic rings. The molecule has 0 radical (unpaired) electrons. The number of aromatic carboxylic acids is 1. The molecule has 118 valence electrons. The highest BCUT2D eigenvalue weighted by atomic mass is 16.5. The number of carbonyl (C=O) groups is 1. The molecule has 0 atom stereocenters. The minimum Gasteiger partial charge on any atom is -0.478 e. The van der Waals surface area contributed by atoms with E-state index >= 15 is 0 Å². The largest absolute Gasteiger partial charge is 0.478 e. The van der Waals surface area contributed by atoms with Crippen LogP contribution in [0.2, 0.25) is 0 Å². The highest BCUT2D eigenvalue weighted by Gasteiger charge is 2.10. The van der Waals surface area contributed by atoms with Crippen LogP contribution < -0.4 is 4.90 Å². The fraction of sp³-hybridized carbons (Fsp3) is 0.222. The number of rotatable bonds is 4. The number of carboxylic acids is 1. The van der Waals surface area contributed by atoms with E-state index in [1.165, 1.54) is 5.69 Å². The summed E-state index contributed by atoms with van der Waals surface area (Å²) in [6.07, 6.45) is 1.78. The summed E-state index contributed by atoms with van der Waals surface area (Å²) in [4.78, 5) is 17.5. The molecule has 0 unspecified atom stereocenters. The molecule has 5 nitrogen and oxygen atoms in total. The number of aliphatic imine (C=N–C) groups is 1. The molecule has 0 amide bonds. The summed E-state index contributed by atoms with van der Waals surface area (Å²) < 4.78 is 5.36. The molecule has 0 aliphatic carbocycles. The van der Waals surface area contributed by atoms with Gasteiger partial charge in [-0.15, -0.1) is 0 Å². The van der Waals surface area contributed by atoms with Crippen LogP contribution in [-0.2, 0) is 4.74 Å². The molecular weight excluding hydrogens is 292 g/mol. The Bertz CT molecular complexity index is 687. The van der Waals surface area contributed by atoms with Crippen LogP contribution in [0.1, 0.15) is 15.9 Å². The lowest BCUT2D eigenvalue weighted by Crippen LogP contribution is -2.36. The van der Waals surface area contributed by atoms with Gasteiger partial charge >= 0.3 is 5.97 Å². The molecule has 2 aromatic carbocycles. The van der Waals surface area contributed by atoms with Crippen LogP contribution in [0.3, 0.4) is 0 Å². The lowest BCUT2D eigenvalue weighted by atomic mass is 10.2. The van der Waals surface area contributed by atoms with Crippen molar-refractivity contribution in [3.05, 3.63) is 59.7 Å². The molecule has 1 aliphatic rings. The first-order valence-electron chi connectivity index (χ1n) is 7.52. The van der Waals surface area contributed by atoms with Crippen molar-refractivity contribution in [2.24, 2.45) is 4.99 Å². The van der Waals surface area contributed by atoms with Crippen molar-refractivity contribution in [3.63, 3.8) is 0 Å². The van der Waals surface area contributed by atoms with Gasteiger partial charge in [-0.05, 0) is 42.0 Å². The summed E-state index contributed by atoms with van der Waals surface area (Å²) in [6.45, 7) is 3.39. The average Bonchev–Trinajstić information content (AvgIpc) is 2.61. The number of nitrogens with zero attached hydrogens (tertiary/aromatic N) is 2. The predicted molar refractivity (Wildman–Crippen MR) is 90.1 cm³/mol. The molecule has 1 heterocycles. The molecule has 23 heavy (non-hydrogen) atoms. The van der Waals surface area contributed by atoms with Gasteiger partial charge in [-0.25, -0.2) is 4.79 Å². The molecule has 0 saturated carbocycles. The zero-order chi connectivity index (χ0) is 16.1. The fourth-order valence-electron chi connectivity index (χ4n) is 2.43. The van der Waals surface area contributed by atoms with Crippen LogP contribution in [0.25, 0.3) is 0 Å². The van der Waals surface area contributed by atoms with Gasteiger partial charge in [-0.3, -0.25) is 4.99 Å². The molecule has 1 N–H and O–H groups in total. The topological polar surface area (TPSA) is 62.1 Å². The number of ether oxygens (including phenoxy) is 1. The molecule has 0 spiro atoms. The Hall–Kier alpha value is -2.66. The van der Waals surface area contributed by atoms with Crippen molar-refractivity contribution >= 4 is 23.6 Å². The zero-order valence-electron chi connectivity index (χ0n) is 12.7. The van der Waals surface area contributed by atoms with E-state index in [1.54, 1.807) is 30.5 Å². The first kappa shape index (κ1) is 15.2. The van der Waals surface area contributed by atoms with Gasteiger partial charge in [0.15, 0.2) is 0 Å². The van der Waals surface area contributed by atoms with Crippen molar-refractivity contribution in [3.8, 4) is 0 Å². The summed E-state index contributed by atoms with van der Waals surface area (Å²) in [5, 5.41) is 8.87. The number of morpholine rings is 1. The van der Waals surface area contributed by atoms with E-state index in [9.17, 15) is 4.79 Å². The number of anilines is 1. The van der Waals surface area contributed by atoms with Crippen LogP contribution in [0.5, 0.6) is 0 Å². The van der Waals surface area contributed by atoms with Crippen LogP contribution in [0.15, 0.2) is 53.5 Å². The Morgan fingerprint density at radius 3 is 2.30 bits per heavy atom. The van der Waals surface area contributed by atoms with E-state index in [4.69, 9.17) is 9.84 Å². The maximum absolute atomic E-state index is 10.8. The summed E-state index contributed by atoms with van der Waals surface area (Å²) in [5.74, 6) is -0.931. The Labute approximate surface area is 134 Å². The molecule has 1 saturated heterocycles. The third kappa shape index (κ3) is 3.96. The second kappa shape index (κ2) is 7.07. The van der Waals surface area contributed by atoms with Gasteiger partial charge in [0.1, 0.15) is 0 Å². The van der Waals surface area contributed by atoms with Gasteiger partial charge < -0.3 is 14.7 Å². The Kier molecular flexibility index (Phi) is 4.68. The number of hydrogen-bond acceptors (Lipinski definition) is 4. The summed E-state index contributed by atoms with van der Waals surface area (Å²) in [7, 11) is 0. The van der Waals surface area contributed by atoms with Crippen molar-refractivity contribution in [1.29, 1.82) is 0 Å². The van der Waals surface area contributed by atoms with E-state index in [-0.39, 0.29) is 5.56 Å². The molecule has 0 aromatic heterocycles. The van der Waals surface area contributed by atoms with Gasteiger partial charge in [0.05, 0.1) is 24.5 Å². The highest BCUT2D eigenvalue weighted by molar-refractivity contribution is 5.88. The van der Waals surface area contributed by atoms with E-state index in [0.717, 1.165) is 37.6 Å². The van der Waals surface area contributed by atoms with Crippen LogP contribution in [0, 0.1) is 0 Å². The average molecular weight is 310 g/mol. The van der Waals surface area contributed by atoms with Crippen molar-refractivity contribution in [1.82, 2.24) is 0 Å². The Balaban J connectivity index is 1.66. The Morgan fingerprint density at radius 1 is 1.04 bits per heavy atom. The van der Waals surface area contributed by atoms with Crippen molar-refractivity contribution < 1.29 is 14.6 Å². The molecule has 1 aliphatic heterocycles. The van der Waals surface area contributed by atoms with Crippen molar-refractivity contribution in [2.75, 3.05) is 31.2 Å². The minimum atomic E-state index is -0.931. The SMILES string of the molecule is O=C(O)c1ccc(N=Cc2ccc(N3CCOCC3)cc2)cc1. The zero-order valence-corrected chi connectivity index (χ0v) is 12.7. The minimum absolute atomic E-state index is 0.263. The summed E-state index contributed by atoms with van der Waals surface area (Å²) in [6, 6.07) is 14.7. The smallest absolute Gasteiger partial charge is 0.335 e. The lowest BCUT2D eigenvalue weighted by molar-refractivity contribution is 0.0697. The molecule has 1 fully saturated rings. The van der Waals surface area contributed by atoms with Gasteiger partial charge in [-0.1, -0.05) is 12.1 Å². The maximum Gasteiger partial charge on any atom is 0.335 e. The molecule has 0 bridgehead atoms. The molecular formula is C18H18N2O3. The second-order valence-corrected chi connectivity index (χ2v) is 5.30. The van der Waals surface area contributed by atoms with E-state index < -0.39 is 5.97 Å². The first-order chi connectivity index (χ1) is 11.2. The number of benzene rings is 2. The van der Waals surface area contributed by atoms with Gasteiger partial charge in [-0.2, -0.15) is 0 Å². The lowest BCUT2D eigenvalue weighted by Gasteiger charge is -2.28. The first-order valence-corrected chi connectivity index (χ1v) is 7.52. The Morgan fingerprint density at radius 2 is 1.70 bits per heavy atom. The van der Waals surface area contributed by atoms with Gasteiger partial charge in [0, 0.05) is 25.0 Å².